The molecule has 2 aliphatic rings. The van der Waals surface area contributed by atoms with E-state index in [-0.39, 0.29) is 24.2 Å². The summed E-state index contributed by atoms with van der Waals surface area (Å²) in [5.74, 6) is -2.13. The largest absolute Gasteiger partial charge is 0.573 e. The van der Waals surface area contributed by atoms with Gasteiger partial charge in [-0.25, -0.2) is 4.79 Å². The first-order chi connectivity index (χ1) is 15.1. The monoisotopic (exact) mass is 458 g/mol. The molecule has 0 bridgehead atoms. The van der Waals surface area contributed by atoms with Crippen molar-refractivity contribution in [2.45, 2.75) is 25.6 Å². The molecule has 2 unspecified atom stereocenters. The Morgan fingerprint density at radius 2 is 1.69 bits per heavy atom. The highest BCUT2D eigenvalue weighted by molar-refractivity contribution is 5.83. The maximum atomic E-state index is 13.0. The number of urea groups is 1. The Kier molecular flexibility index (Phi) is 7.44. The molecule has 2 N–H and O–H groups in total. The zero-order valence-corrected chi connectivity index (χ0v) is 17.5. The van der Waals surface area contributed by atoms with Crippen LogP contribution in [-0.2, 0) is 14.3 Å². The van der Waals surface area contributed by atoms with Gasteiger partial charge in [0.1, 0.15) is 5.75 Å². The summed E-state index contributed by atoms with van der Waals surface area (Å²) in [6, 6.07) is 5.18. The standard InChI is InChI=1S/C20H25F3N4O5/c1-13(28)24-25-18(29)16-10-15(14-2-4-17(5-3-14)32-20(21,22)23)11-27(12-16)19(30)26-6-8-31-9-7-26/h2-5,15-16H,6-12H2,1H3,(H,24,28)(H,25,29). The normalized spacial score (nSPS) is 21.6. The maximum absolute atomic E-state index is 13.0. The van der Waals surface area contributed by atoms with E-state index in [2.05, 4.69) is 15.6 Å². The number of morpholine rings is 1. The molecule has 9 nitrogen and oxygen atoms in total. The molecule has 176 valence electrons. The Labute approximate surface area is 182 Å². The summed E-state index contributed by atoms with van der Waals surface area (Å²) < 4.78 is 46.5. The minimum Gasteiger partial charge on any atom is -0.406 e. The van der Waals surface area contributed by atoms with E-state index in [0.717, 1.165) is 0 Å². The van der Waals surface area contributed by atoms with Gasteiger partial charge in [-0.2, -0.15) is 0 Å². The molecule has 0 radical (unpaired) electrons. The predicted octanol–water partition coefficient (Wildman–Crippen LogP) is 1.61. The second kappa shape index (κ2) is 10.1. The van der Waals surface area contributed by atoms with Crippen LogP contribution in [0, 0.1) is 5.92 Å². The molecule has 12 heteroatoms. The minimum atomic E-state index is -4.79. The Balaban J connectivity index is 1.76. The van der Waals surface area contributed by atoms with Crippen LogP contribution in [0.4, 0.5) is 18.0 Å². The van der Waals surface area contributed by atoms with E-state index >= 15 is 0 Å². The van der Waals surface area contributed by atoms with E-state index in [0.29, 0.717) is 44.8 Å². The number of likely N-dealkylation sites (tertiary alicyclic amines) is 1. The van der Waals surface area contributed by atoms with Gasteiger partial charge in [-0.3, -0.25) is 20.4 Å². The summed E-state index contributed by atoms with van der Waals surface area (Å²) in [6.45, 7) is 3.44. The van der Waals surface area contributed by atoms with Crippen LogP contribution in [0.15, 0.2) is 24.3 Å². The summed E-state index contributed by atoms with van der Waals surface area (Å²) in [5, 5.41) is 0. The Morgan fingerprint density at radius 3 is 2.28 bits per heavy atom. The molecular formula is C20H25F3N4O5. The lowest BCUT2D eigenvalue weighted by atomic mass is 9.84. The first kappa shape index (κ1) is 23.6. The smallest absolute Gasteiger partial charge is 0.406 e. The highest BCUT2D eigenvalue weighted by Gasteiger charge is 2.37. The van der Waals surface area contributed by atoms with Crippen LogP contribution in [0.2, 0.25) is 0 Å². The molecule has 32 heavy (non-hydrogen) atoms. The Hall–Kier alpha value is -3.02. The molecule has 2 heterocycles. The number of nitrogens with zero attached hydrogens (tertiary/aromatic N) is 2. The number of piperidine rings is 1. The van der Waals surface area contributed by atoms with Crippen molar-refractivity contribution in [1.29, 1.82) is 0 Å². The third-order valence-corrected chi connectivity index (χ3v) is 5.32. The number of carbonyl (C=O) groups excluding carboxylic acids is 3. The molecule has 4 amide bonds. The minimum absolute atomic E-state index is 0.160. The van der Waals surface area contributed by atoms with Crippen LogP contribution in [0.5, 0.6) is 5.75 Å². The molecule has 3 rings (SSSR count). The number of rotatable bonds is 3. The van der Waals surface area contributed by atoms with Gasteiger partial charge in [0, 0.05) is 39.0 Å². The molecule has 1 aromatic carbocycles. The summed E-state index contributed by atoms with van der Waals surface area (Å²) in [6.07, 6.45) is -4.43. The SMILES string of the molecule is CC(=O)NNC(=O)C1CC(c2ccc(OC(F)(F)F)cc2)CN(C(=O)N2CCOCC2)C1. The summed E-state index contributed by atoms with van der Waals surface area (Å²) in [5.41, 5.74) is 5.26. The molecule has 2 saturated heterocycles. The highest BCUT2D eigenvalue weighted by Crippen LogP contribution is 2.33. The average Bonchev–Trinajstić information content (AvgIpc) is 2.76. The first-order valence-corrected chi connectivity index (χ1v) is 10.2. The molecular weight excluding hydrogens is 433 g/mol. The summed E-state index contributed by atoms with van der Waals surface area (Å²) in [4.78, 5) is 40.0. The molecule has 0 spiro atoms. The quantitative estimate of drug-likeness (QED) is 0.671. The predicted molar refractivity (Wildman–Crippen MR) is 105 cm³/mol. The number of alkyl halides is 3. The van der Waals surface area contributed by atoms with Crippen molar-refractivity contribution in [2.75, 3.05) is 39.4 Å². The van der Waals surface area contributed by atoms with Gasteiger partial charge in [0.2, 0.25) is 11.8 Å². The van der Waals surface area contributed by atoms with Crippen molar-refractivity contribution < 1.29 is 37.0 Å². The van der Waals surface area contributed by atoms with E-state index < -0.39 is 24.1 Å². The summed E-state index contributed by atoms with van der Waals surface area (Å²) >= 11 is 0. The van der Waals surface area contributed by atoms with Gasteiger partial charge in [0.25, 0.3) is 0 Å². The second-order valence-electron chi connectivity index (χ2n) is 7.70. The molecule has 0 aromatic heterocycles. The van der Waals surface area contributed by atoms with Gasteiger partial charge in [-0.15, -0.1) is 13.2 Å². The molecule has 0 aliphatic carbocycles. The van der Waals surface area contributed by atoms with Crippen molar-refractivity contribution >= 4 is 17.8 Å². The first-order valence-electron chi connectivity index (χ1n) is 10.2. The van der Waals surface area contributed by atoms with Crippen molar-refractivity contribution in [1.82, 2.24) is 20.7 Å². The zero-order valence-electron chi connectivity index (χ0n) is 17.5. The highest BCUT2D eigenvalue weighted by atomic mass is 19.4. The van der Waals surface area contributed by atoms with Crippen LogP contribution in [0.1, 0.15) is 24.8 Å². The fraction of sp³-hybridized carbons (Fsp3) is 0.550. The van der Waals surface area contributed by atoms with Gasteiger partial charge in [-0.05, 0) is 24.1 Å². The van der Waals surface area contributed by atoms with Gasteiger partial charge < -0.3 is 19.3 Å². The molecule has 2 atom stereocenters. The van der Waals surface area contributed by atoms with E-state index in [1.54, 1.807) is 9.80 Å². The van der Waals surface area contributed by atoms with E-state index in [9.17, 15) is 27.6 Å². The zero-order chi connectivity index (χ0) is 23.3. The lowest BCUT2D eigenvalue weighted by Gasteiger charge is -2.40. The van der Waals surface area contributed by atoms with Gasteiger partial charge in [0.15, 0.2) is 0 Å². The van der Waals surface area contributed by atoms with Crippen molar-refractivity contribution in [3.63, 3.8) is 0 Å². The van der Waals surface area contributed by atoms with Gasteiger partial charge in [0.05, 0.1) is 19.1 Å². The maximum Gasteiger partial charge on any atom is 0.573 e. The number of benzene rings is 1. The van der Waals surface area contributed by atoms with Gasteiger partial charge >= 0.3 is 12.4 Å². The van der Waals surface area contributed by atoms with E-state index in [1.165, 1.54) is 31.2 Å². The number of halogens is 3. The van der Waals surface area contributed by atoms with Crippen molar-refractivity contribution in [3.8, 4) is 5.75 Å². The fourth-order valence-electron chi connectivity index (χ4n) is 3.83. The number of hydrogen-bond acceptors (Lipinski definition) is 5. The average molecular weight is 458 g/mol. The van der Waals surface area contributed by atoms with Crippen LogP contribution in [0.25, 0.3) is 0 Å². The van der Waals surface area contributed by atoms with E-state index in [1.807, 2.05) is 0 Å². The van der Waals surface area contributed by atoms with Crippen LogP contribution >= 0.6 is 0 Å². The number of hydrogen-bond donors (Lipinski definition) is 2. The van der Waals surface area contributed by atoms with Gasteiger partial charge in [-0.1, -0.05) is 12.1 Å². The fourth-order valence-corrected chi connectivity index (χ4v) is 3.83. The number of nitrogens with one attached hydrogen (secondary N) is 2. The third-order valence-electron chi connectivity index (χ3n) is 5.32. The molecule has 2 aliphatic heterocycles. The van der Waals surface area contributed by atoms with Crippen LogP contribution < -0.4 is 15.6 Å². The summed E-state index contributed by atoms with van der Waals surface area (Å²) in [7, 11) is 0. The topological polar surface area (TPSA) is 100 Å². The number of amides is 4. The molecule has 2 fully saturated rings. The van der Waals surface area contributed by atoms with E-state index in [4.69, 9.17) is 4.74 Å². The number of ether oxygens (including phenoxy) is 2. The second-order valence-corrected chi connectivity index (χ2v) is 7.70. The van der Waals surface area contributed by atoms with Crippen LogP contribution in [-0.4, -0.2) is 73.4 Å². The Bertz CT molecular complexity index is 828. The number of carbonyl (C=O) groups is 3. The Morgan fingerprint density at radius 1 is 1.03 bits per heavy atom. The van der Waals surface area contributed by atoms with Crippen LogP contribution in [0.3, 0.4) is 0 Å². The molecule has 1 aromatic rings. The lowest BCUT2D eigenvalue weighted by Crippen LogP contribution is -2.55. The van der Waals surface area contributed by atoms with Crippen molar-refractivity contribution in [2.24, 2.45) is 5.92 Å². The number of hydrazine groups is 1. The van der Waals surface area contributed by atoms with Crippen molar-refractivity contribution in [3.05, 3.63) is 29.8 Å². The third kappa shape index (κ3) is 6.49. The molecule has 0 saturated carbocycles. The lowest BCUT2D eigenvalue weighted by molar-refractivity contribution is -0.274.